The molecule has 0 saturated heterocycles. The third kappa shape index (κ3) is 5.49. The molecule has 0 bridgehead atoms. The number of benzene rings is 2. The maximum Gasteiger partial charge on any atom is 0.244 e. The molecule has 6 heteroatoms. The number of carbonyl (C=O) groups excluding carboxylic acids is 1. The van der Waals surface area contributed by atoms with E-state index in [0.717, 1.165) is 16.3 Å². The Kier molecular flexibility index (Phi) is 6.33. The minimum Gasteiger partial charge on any atom is -0.488 e. The van der Waals surface area contributed by atoms with Crippen molar-refractivity contribution in [2.24, 2.45) is 0 Å². The lowest BCUT2D eigenvalue weighted by Gasteiger charge is -2.19. The van der Waals surface area contributed by atoms with Crippen LogP contribution in [-0.2, 0) is 4.79 Å². The van der Waals surface area contributed by atoms with Gasteiger partial charge in [-0.25, -0.2) is 9.37 Å². The molecule has 0 spiro atoms. The lowest BCUT2D eigenvalue weighted by Crippen LogP contribution is -2.31. The largest absolute Gasteiger partial charge is 0.488 e. The van der Waals surface area contributed by atoms with E-state index in [4.69, 9.17) is 4.74 Å². The van der Waals surface area contributed by atoms with Crippen LogP contribution in [0.25, 0.3) is 6.08 Å². The Morgan fingerprint density at radius 3 is 2.67 bits per heavy atom. The van der Waals surface area contributed by atoms with Crippen molar-refractivity contribution in [2.45, 2.75) is 13.0 Å². The molecule has 0 saturated carbocycles. The average molecular weight is 382 g/mol. The summed E-state index contributed by atoms with van der Waals surface area (Å²) in [5, 5.41) is 5.73. The molecule has 3 rings (SSSR count). The first-order valence-electron chi connectivity index (χ1n) is 8.45. The maximum atomic E-state index is 13.8. The Morgan fingerprint density at radius 1 is 1.22 bits per heavy atom. The van der Waals surface area contributed by atoms with E-state index in [1.807, 2.05) is 42.6 Å². The van der Waals surface area contributed by atoms with Gasteiger partial charge >= 0.3 is 0 Å². The number of halogens is 1. The highest BCUT2D eigenvalue weighted by molar-refractivity contribution is 7.09. The first-order chi connectivity index (χ1) is 13.1. The van der Waals surface area contributed by atoms with Crippen LogP contribution in [0.5, 0.6) is 5.75 Å². The predicted octanol–water partition coefficient (Wildman–Crippen LogP) is 4.54. The van der Waals surface area contributed by atoms with Gasteiger partial charge in [0, 0.05) is 11.5 Å². The highest BCUT2D eigenvalue weighted by atomic mass is 32.1. The number of amides is 1. The molecule has 1 N–H and O–H groups in total. The Labute approximate surface area is 161 Å². The van der Waals surface area contributed by atoms with Gasteiger partial charge in [-0.2, -0.15) is 0 Å². The maximum absolute atomic E-state index is 13.8. The van der Waals surface area contributed by atoms with Crippen molar-refractivity contribution in [2.75, 3.05) is 6.61 Å². The fourth-order valence-corrected chi connectivity index (χ4v) is 3.06. The second-order valence-corrected chi connectivity index (χ2v) is 6.90. The highest BCUT2D eigenvalue weighted by Crippen LogP contribution is 2.19. The summed E-state index contributed by atoms with van der Waals surface area (Å²) in [7, 11) is 0. The molecule has 1 unspecified atom stereocenters. The number of nitrogens with one attached hydrogen (secondary N) is 1. The van der Waals surface area contributed by atoms with E-state index < -0.39 is 11.9 Å². The Balaban J connectivity index is 1.69. The quantitative estimate of drug-likeness (QED) is 0.611. The molecule has 0 aliphatic rings. The van der Waals surface area contributed by atoms with Crippen molar-refractivity contribution in [1.82, 2.24) is 10.3 Å². The van der Waals surface area contributed by atoms with E-state index in [-0.39, 0.29) is 18.3 Å². The van der Waals surface area contributed by atoms with E-state index in [0.29, 0.717) is 0 Å². The zero-order chi connectivity index (χ0) is 19.1. The molecular formula is C21H19FN2O2S. The second kappa shape index (κ2) is 9.09. The van der Waals surface area contributed by atoms with Crippen LogP contribution in [0.1, 0.15) is 22.3 Å². The SMILES string of the molecule is Cc1nc(C=CC(=O)NC(COc2ccccc2F)c2ccccc2)cs1. The van der Waals surface area contributed by atoms with E-state index in [1.54, 1.807) is 24.3 Å². The number of para-hydroxylation sites is 1. The first-order valence-corrected chi connectivity index (χ1v) is 9.33. The molecule has 27 heavy (non-hydrogen) atoms. The number of nitrogens with zero attached hydrogens (tertiary/aromatic N) is 1. The van der Waals surface area contributed by atoms with Crippen LogP contribution in [-0.4, -0.2) is 17.5 Å². The van der Waals surface area contributed by atoms with Crippen LogP contribution in [0.4, 0.5) is 4.39 Å². The normalized spacial score (nSPS) is 12.1. The number of aromatic nitrogens is 1. The Hall–Kier alpha value is -2.99. The number of hydrogen-bond acceptors (Lipinski definition) is 4. The van der Waals surface area contributed by atoms with Crippen molar-refractivity contribution in [3.8, 4) is 5.75 Å². The zero-order valence-electron chi connectivity index (χ0n) is 14.8. The molecule has 3 aromatic rings. The molecular weight excluding hydrogens is 363 g/mol. The van der Waals surface area contributed by atoms with Gasteiger partial charge in [-0.05, 0) is 30.7 Å². The van der Waals surface area contributed by atoms with Crippen LogP contribution >= 0.6 is 11.3 Å². The van der Waals surface area contributed by atoms with Gasteiger partial charge in [0.05, 0.1) is 16.7 Å². The van der Waals surface area contributed by atoms with Crippen LogP contribution in [0, 0.1) is 12.7 Å². The molecule has 138 valence electrons. The second-order valence-electron chi connectivity index (χ2n) is 5.84. The minimum absolute atomic E-state index is 0.111. The van der Waals surface area contributed by atoms with Gasteiger partial charge in [-0.3, -0.25) is 4.79 Å². The van der Waals surface area contributed by atoms with Gasteiger partial charge in [0.15, 0.2) is 11.6 Å². The van der Waals surface area contributed by atoms with Crippen LogP contribution in [0.3, 0.4) is 0 Å². The topological polar surface area (TPSA) is 51.2 Å². The molecule has 0 aliphatic heterocycles. The van der Waals surface area contributed by atoms with Crippen LogP contribution < -0.4 is 10.1 Å². The van der Waals surface area contributed by atoms with Crippen molar-refractivity contribution >= 4 is 23.3 Å². The fraction of sp³-hybridized carbons (Fsp3) is 0.143. The third-order valence-corrected chi connectivity index (χ3v) is 4.59. The summed E-state index contributed by atoms with van der Waals surface area (Å²) in [5.74, 6) is -0.553. The smallest absolute Gasteiger partial charge is 0.244 e. The van der Waals surface area contributed by atoms with E-state index in [9.17, 15) is 9.18 Å². The highest BCUT2D eigenvalue weighted by Gasteiger charge is 2.15. The Morgan fingerprint density at radius 2 is 1.96 bits per heavy atom. The van der Waals surface area contributed by atoms with Gasteiger partial charge in [0.1, 0.15) is 6.61 Å². The molecule has 0 radical (unpaired) electrons. The molecule has 1 heterocycles. The number of thiazole rings is 1. The van der Waals surface area contributed by atoms with Gasteiger partial charge < -0.3 is 10.1 Å². The average Bonchev–Trinajstić information content (AvgIpc) is 3.10. The van der Waals surface area contributed by atoms with Crippen LogP contribution in [0.2, 0.25) is 0 Å². The third-order valence-electron chi connectivity index (χ3n) is 3.80. The molecule has 1 amide bonds. The summed E-state index contributed by atoms with van der Waals surface area (Å²) in [6.45, 7) is 2.02. The molecule has 2 aromatic carbocycles. The van der Waals surface area contributed by atoms with Gasteiger partial charge in [-0.15, -0.1) is 11.3 Å². The number of carbonyl (C=O) groups is 1. The summed E-state index contributed by atoms with van der Waals surface area (Å²) in [5.41, 5.74) is 1.62. The predicted molar refractivity (Wildman–Crippen MR) is 105 cm³/mol. The van der Waals surface area contributed by atoms with Crippen molar-refractivity contribution in [1.29, 1.82) is 0 Å². The molecule has 1 aromatic heterocycles. The molecule has 0 aliphatic carbocycles. The van der Waals surface area contributed by atoms with E-state index in [2.05, 4.69) is 10.3 Å². The fourth-order valence-electron chi connectivity index (χ4n) is 2.48. The monoisotopic (exact) mass is 382 g/mol. The van der Waals surface area contributed by atoms with E-state index >= 15 is 0 Å². The number of hydrogen-bond donors (Lipinski definition) is 1. The van der Waals surface area contributed by atoms with Crippen molar-refractivity contribution in [3.63, 3.8) is 0 Å². The summed E-state index contributed by atoms with van der Waals surface area (Å²) in [6.07, 6.45) is 3.10. The zero-order valence-corrected chi connectivity index (χ0v) is 15.6. The molecule has 1 atom stereocenters. The van der Waals surface area contributed by atoms with E-state index in [1.165, 1.54) is 23.5 Å². The van der Waals surface area contributed by atoms with Crippen LogP contribution in [0.15, 0.2) is 66.1 Å². The van der Waals surface area contributed by atoms with Gasteiger partial charge in [0.2, 0.25) is 5.91 Å². The standard InChI is InChI=1S/C21H19FN2O2S/c1-15-23-17(14-27-15)11-12-21(25)24-19(16-7-3-2-4-8-16)13-26-20-10-6-5-9-18(20)22/h2-12,14,19H,13H2,1H3,(H,24,25). The lowest BCUT2D eigenvalue weighted by molar-refractivity contribution is -0.117. The van der Waals surface area contributed by atoms with Crippen molar-refractivity contribution in [3.05, 3.63) is 88.1 Å². The first kappa shape index (κ1) is 18.8. The summed E-state index contributed by atoms with van der Waals surface area (Å²) < 4.78 is 19.4. The Bertz CT molecular complexity index is 925. The lowest BCUT2D eigenvalue weighted by atomic mass is 10.1. The number of ether oxygens (including phenoxy) is 1. The minimum atomic E-state index is -0.436. The van der Waals surface area contributed by atoms with Gasteiger partial charge in [-0.1, -0.05) is 42.5 Å². The number of rotatable bonds is 7. The molecule has 4 nitrogen and oxygen atoms in total. The summed E-state index contributed by atoms with van der Waals surface area (Å²) in [6, 6.07) is 15.2. The van der Waals surface area contributed by atoms with Crippen molar-refractivity contribution < 1.29 is 13.9 Å². The molecule has 0 fully saturated rings. The summed E-state index contributed by atoms with van der Waals surface area (Å²) >= 11 is 1.52. The van der Waals surface area contributed by atoms with Gasteiger partial charge in [0.25, 0.3) is 0 Å². The summed E-state index contributed by atoms with van der Waals surface area (Å²) in [4.78, 5) is 16.6. The number of aryl methyl sites for hydroxylation is 1.